The van der Waals surface area contributed by atoms with E-state index in [2.05, 4.69) is 20.9 Å². The highest BCUT2D eigenvalue weighted by molar-refractivity contribution is 5.95. The summed E-state index contributed by atoms with van der Waals surface area (Å²) in [4.78, 5) is 27.2. The predicted molar refractivity (Wildman–Crippen MR) is 90.9 cm³/mol. The van der Waals surface area contributed by atoms with Crippen molar-refractivity contribution in [3.63, 3.8) is 0 Å². The van der Waals surface area contributed by atoms with Crippen molar-refractivity contribution in [1.29, 1.82) is 0 Å². The largest absolute Gasteiger partial charge is 0.354 e. The first-order chi connectivity index (χ1) is 10.9. The van der Waals surface area contributed by atoms with Crippen molar-refractivity contribution in [3.05, 3.63) is 48.3 Å². The molecule has 3 N–H and O–H groups in total. The Morgan fingerprint density at radius 3 is 2.48 bits per heavy atom. The molecular weight excluding hydrogens is 292 g/mol. The molecule has 2 amide bonds. The highest BCUT2D eigenvalue weighted by Crippen LogP contribution is 2.20. The minimum atomic E-state index is -0.164. The van der Waals surface area contributed by atoms with Gasteiger partial charge in [0, 0.05) is 30.5 Å². The van der Waals surface area contributed by atoms with E-state index in [1.54, 1.807) is 18.3 Å². The zero-order valence-electron chi connectivity index (χ0n) is 13.4. The first kappa shape index (κ1) is 16.5. The predicted octanol–water partition coefficient (Wildman–Crippen LogP) is 2.92. The summed E-state index contributed by atoms with van der Waals surface area (Å²) in [6.07, 6.45) is 3.16. The standard InChI is InChI=1S/C17H20N4O2/c1-11(2)19-17(23)13-7-16(10-18-9-13)21-15-6-4-5-14(8-15)20-12(3)22/h4-11,21H,1-3H3,(H,19,23)(H,20,22). The van der Waals surface area contributed by atoms with Crippen LogP contribution in [0.2, 0.25) is 0 Å². The molecule has 0 aliphatic heterocycles. The molecule has 0 radical (unpaired) electrons. The molecule has 0 saturated heterocycles. The molecule has 23 heavy (non-hydrogen) atoms. The number of nitrogens with one attached hydrogen (secondary N) is 3. The molecule has 0 atom stereocenters. The van der Waals surface area contributed by atoms with Gasteiger partial charge in [0.15, 0.2) is 0 Å². The maximum absolute atomic E-state index is 12.0. The van der Waals surface area contributed by atoms with Crippen LogP contribution in [-0.2, 0) is 4.79 Å². The summed E-state index contributed by atoms with van der Waals surface area (Å²) in [5.74, 6) is -0.292. The van der Waals surface area contributed by atoms with Crippen LogP contribution in [-0.4, -0.2) is 22.8 Å². The lowest BCUT2D eigenvalue weighted by atomic mass is 10.2. The average Bonchev–Trinajstić information content (AvgIpc) is 2.46. The maximum atomic E-state index is 12.0. The molecule has 0 fully saturated rings. The van der Waals surface area contributed by atoms with Gasteiger partial charge in [0.1, 0.15) is 0 Å². The molecular formula is C17H20N4O2. The van der Waals surface area contributed by atoms with Crippen LogP contribution in [0.5, 0.6) is 0 Å². The molecule has 0 aliphatic carbocycles. The fraction of sp³-hybridized carbons (Fsp3) is 0.235. The van der Waals surface area contributed by atoms with Gasteiger partial charge in [-0.1, -0.05) is 6.07 Å². The van der Waals surface area contributed by atoms with E-state index in [1.165, 1.54) is 13.1 Å². The Labute approximate surface area is 135 Å². The Kier molecular flexibility index (Phi) is 5.30. The second-order valence-corrected chi connectivity index (χ2v) is 5.48. The fourth-order valence-corrected chi connectivity index (χ4v) is 2.02. The van der Waals surface area contributed by atoms with Crippen LogP contribution in [0.3, 0.4) is 0 Å². The zero-order valence-corrected chi connectivity index (χ0v) is 13.4. The minimum Gasteiger partial charge on any atom is -0.354 e. The zero-order chi connectivity index (χ0) is 16.8. The Bertz CT molecular complexity index is 713. The third kappa shape index (κ3) is 5.10. The molecule has 1 aromatic heterocycles. The van der Waals surface area contributed by atoms with Crippen molar-refractivity contribution < 1.29 is 9.59 Å². The lowest BCUT2D eigenvalue weighted by Gasteiger charge is -2.11. The summed E-state index contributed by atoms with van der Waals surface area (Å²) in [7, 11) is 0. The molecule has 0 aliphatic rings. The Morgan fingerprint density at radius 2 is 1.78 bits per heavy atom. The van der Waals surface area contributed by atoms with Crippen LogP contribution < -0.4 is 16.0 Å². The molecule has 6 heteroatoms. The summed E-state index contributed by atoms with van der Waals surface area (Å²) in [5, 5.41) is 8.72. The summed E-state index contributed by atoms with van der Waals surface area (Å²) < 4.78 is 0. The topological polar surface area (TPSA) is 83.1 Å². The summed E-state index contributed by atoms with van der Waals surface area (Å²) in [6, 6.07) is 9.10. The third-order valence-electron chi connectivity index (χ3n) is 2.89. The monoisotopic (exact) mass is 312 g/mol. The molecule has 1 aromatic carbocycles. The maximum Gasteiger partial charge on any atom is 0.253 e. The number of benzene rings is 1. The molecule has 2 aromatic rings. The number of hydrogen-bond donors (Lipinski definition) is 3. The highest BCUT2D eigenvalue weighted by Gasteiger charge is 2.08. The fourth-order valence-electron chi connectivity index (χ4n) is 2.02. The van der Waals surface area contributed by atoms with Crippen molar-refractivity contribution in [2.75, 3.05) is 10.6 Å². The van der Waals surface area contributed by atoms with Crippen molar-refractivity contribution >= 4 is 28.9 Å². The Morgan fingerprint density at radius 1 is 1.04 bits per heavy atom. The van der Waals surface area contributed by atoms with Crippen LogP contribution in [0.15, 0.2) is 42.7 Å². The van der Waals surface area contributed by atoms with Crippen LogP contribution >= 0.6 is 0 Å². The molecule has 0 saturated carbocycles. The van der Waals surface area contributed by atoms with E-state index in [0.29, 0.717) is 16.9 Å². The molecule has 2 rings (SSSR count). The quantitative estimate of drug-likeness (QED) is 0.792. The van der Waals surface area contributed by atoms with Gasteiger partial charge in [-0.05, 0) is 38.1 Å². The normalized spacial score (nSPS) is 10.3. The van der Waals surface area contributed by atoms with Crippen LogP contribution in [0, 0.1) is 0 Å². The second-order valence-electron chi connectivity index (χ2n) is 5.48. The molecule has 6 nitrogen and oxygen atoms in total. The number of carbonyl (C=O) groups excluding carboxylic acids is 2. The summed E-state index contributed by atoms with van der Waals surface area (Å²) in [6.45, 7) is 5.27. The molecule has 0 spiro atoms. The van der Waals surface area contributed by atoms with Gasteiger partial charge in [-0.25, -0.2) is 0 Å². The number of aromatic nitrogens is 1. The third-order valence-corrected chi connectivity index (χ3v) is 2.89. The van der Waals surface area contributed by atoms with Crippen molar-refractivity contribution in [3.8, 4) is 0 Å². The number of hydrogen-bond acceptors (Lipinski definition) is 4. The van der Waals surface area contributed by atoms with Crippen LogP contribution in [0.1, 0.15) is 31.1 Å². The molecule has 1 heterocycles. The van der Waals surface area contributed by atoms with Crippen LogP contribution in [0.25, 0.3) is 0 Å². The number of nitrogens with zero attached hydrogens (tertiary/aromatic N) is 1. The van der Waals surface area contributed by atoms with Crippen LogP contribution in [0.4, 0.5) is 17.1 Å². The van der Waals surface area contributed by atoms with E-state index in [-0.39, 0.29) is 17.9 Å². The van der Waals surface area contributed by atoms with Gasteiger partial charge in [-0.15, -0.1) is 0 Å². The van der Waals surface area contributed by atoms with E-state index in [4.69, 9.17) is 0 Å². The minimum absolute atomic E-state index is 0.0634. The van der Waals surface area contributed by atoms with Gasteiger partial charge in [0.05, 0.1) is 17.4 Å². The number of rotatable bonds is 5. The SMILES string of the molecule is CC(=O)Nc1cccc(Nc2cncc(C(=O)NC(C)C)c2)c1. The van der Waals surface area contributed by atoms with Crippen molar-refractivity contribution in [2.45, 2.75) is 26.8 Å². The van der Waals surface area contributed by atoms with Crippen molar-refractivity contribution in [2.24, 2.45) is 0 Å². The van der Waals surface area contributed by atoms with E-state index in [1.807, 2.05) is 32.0 Å². The number of anilines is 3. The van der Waals surface area contributed by atoms with Gasteiger partial charge < -0.3 is 16.0 Å². The molecule has 0 unspecified atom stereocenters. The lowest BCUT2D eigenvalue weighted by Crippen LogP contribution is -2.30. The molecule has 0 bridgehead atoms. The Hall–Kier alpha value is -2.89. The van der Waals surface area contributed by atoms with Gasteiger partial charge >= 0.3 is 0 Å². The van der Waals surface area contributed by atoms with Gasteiger partial charge in [-0.3, -0.25) is 14.6 Å². The van der Waals surface area contributed by atoms with E-state index in [0.717, 1.165) is 5.69 Å². The van der Waals surface area contributed by atoms with E-state index < -0.39 is 0 Å². The summed E-state index contributed by atoms with van der Waals surface area (Å²) in [5.41, 5.74) is 2.67. The number of carbonyl (C=O) groups is 2. The van der Waals surface area contributed by atoms with E-state index >= 15 is 0 Å². The van der Waals surface area contributed by atoms with Crippen molar-refractivity contribution in [1.82, 2.24) is 10.3 Å². The van der Waals surface area contributed by atoms with Gasteiger partial charge in [0.25, 0.3) is 5.91 Å². The Balaban J connectivity index is 2.14. The van der Waals surface area contributed by atoms with Gasteiger partial charge in [-0.2, -0.15) is 0 Å². The first-order valence-corrected chi connectivity index (χ1v) is 7.34. The summed E-state index contributed by atoms with van der Waals surface area (Å²) >= 11 is 0. The lowest BCUT2D eigenvalue weighted by molar-refractivity contribution is -0.114. The van der Waals surface area contributed by atoms with Gasteiger partial charge in [0.2, 0.25) is 5.91 Å². The smallest absolute Gasteiger partial charge is 0.253 e. The second kappa shape index (κ2) is 7.40. The molecule has 120 valence electrons. The highest BCUT2D eigenvalue weighted by atomic mass is 16.2. The first-order valence-electron chi connectivity index (χ1n) is 7.34. The average molecular weight is 312 g/mol. The number of amides is 2. The number of pyridine rings is 1. The van der Waals surface area contributed by atoms with E-state index in [9.17, 15) is 9.59 Å².